The smallest absolute Gasteiger partial charge is 0.224 e. The fourth-order valence-corrected chi connectivity index (χ4v) is 3.40. The lowest BCUT2D eigenvalue weighted by molar-refractivity contribution is 0.293. The van der Waals surface area contributed by atoms with Gasteiger partial charge in [0.25, 0.3) is 0 Å². The second-order valence-electron chi connectivity index (χ2n) is 6.17. The summed E-state index contributed by atoms with van der Waals surface area (Å²) in [6.07, 6.45) is 11.6. The minimum Gasteiger partial charge on any atom is -0.328 e. The van der Waals surface area contributed by atoms with E-state index in [0.29, 0.717) is 11.3 Å². The van der Waals surface area contributed by atoms with Gasteiger partial charge in [-0.3, -0.25) is 0 Å². The number of unbranched alkanes of at least 4 members (excludes halogenated alkanes) is 1. The highest BCUT2D eigenvalue weighted by Crippen LogP contribution is 2.36. The largest absolute Gasteiger partial charge is 0.328 e. The minimum atomic E-state index is 0.318. The molecule has 3 rings (SSSR count). The fraction of sp³-hybridized carbons (Fsp3) is 0.684. The first-order chi connectivity index (χ1) is 11.6. The Balaban J connectivity index is 0.000000423. The van der Waals surface area contributed by atoms with E-state index in [1.165, 1.54) is 38.5 Å². The normalized spacial score (nSPS) is 20.0. The van der Waals surface area contributed by atoms with Crippen molar-refractivity contribution in [1.82, 2.24) is 14.5 Å². The molecule has 2 aromatic heterocycles. The molecule has 2 heterocycles. The number of hydrogen-bond donors (Lipinski definition) is 0. The molecule has 3 nitrogen and oxygen atoms in total. The van der Waals surface area contributed by atoms with Gasteiger partial charge in [0.15, 0.2) is 0 Å². The molecule has 0 saturated heterocycles. The molecule has 0 atom stereocenters. The lowest BCUT2D eigenvalue weighted by Gasteiger charge is -2.27. The molecule has 1 saturated carbocycles. The van der Waals surface area contributed by atoms with Crippen LogP contribution in [0.5, 0.6) is 0 Å². The van der Waals surface area contributed by atoms with Crippen LogP contribution in [0, 0.1) is 5.92 Å². The standard InChI is InChI=1S/C13H15BrClN3.C4H10.C2H6/c1-8-2-4-9(5-3-8)18-7-11(14)10-6-16-13(15)17-12(10)18;1-3-4-2;1-2/h6-9H,2-5H2,1H3;3-4H2,1-2H3;1-2H3. The van der Waals surface area contributed by atoms with Crippen LogP contribution in [0.15, 0.2) is 16.9 Å². The molecule has 0 spiro atoms. The molecular formula is C19H31BrClN3. The summed E-state index contributed by atoms with van der Waals surface area (Å²) in [6, 6.07) is 0.543. The van der Waals surface area contributed by atoms with E-state index in [1.54, 1.807) is 6.20 Å². The van der Waals surface area contributed by atoms with E-state index >= 15 is 0 Å². The summed E-state index contributed by atoms with van der Waals surface area (Å²) in [4.78, 5) is 8.43. The Labute approximate surface area is 160 Å². The number of rotatable bonds is 2. The van der Waals surface area contributed by atoms with Crippen LogP contribution in [-0.2, 0) is 0 Å². The van der Waals surface area contributed by atoms with Gasteiger partial charge in [0.05, 0.1) is 5.39 Å². The van der Waals surface area contributed by atoms with E-state index < -0.39 is 0 Å². The van der Waals surface area contributed by atoms with Crippen molar-refractivity contribution in [1.29, 1.82) is 0 Å². The molecule has 0 aliphatic heterocycles. The van der Waals surface area contributed by atoms with Crippen LogP contribution in [0.4, 0.5) is 0 Å². The SMILES string of the molecule is CC.CC1CCC(n2cc(Br)c3cnc(Cl)nc32)CC1.CCCC. The summed E-state index contributed by atoms with van der Waals surface area (Å²) in [5.74, 6) is 0.852. The van der Waals surface area contributed by atoms with Crippen molar-refractivity contribution in [3.8, 4) is 0 Å². The Bertz CT molecular complexity index is 602. The first-order valence-electron chi connectivity index (χ1n) is 9.25. The zero-order valence-corrected chi connectivity index (χ0v) is 18.0. The van der Waals surface area contributed by atoms with Crippen molar-refractivity contribution in [2.45, 2.75) is 79.2 Å². The molecule has 2 aromatic rings. The predicted molar refractivity (Wildman–Crippen MR) is 109 cm³/mol. The number of hydrogen-bond acceptors (Lipinski definition) is 2. The van der Waals surface area contributed by atoms with E-state index in [0.717, 1.165) is 21.4 Å². The summed E-state index contributed by atoms with van der Waals surface area (Å²) in [5, 5.41) is 1.36. The van der Waals surface area contributed by atoms with Crippen LogP contribution >= 0.6 is 27.5 Å². The first-order valence-corrected chi connectivity index (χ1v) is 10.4. The van der Waals surface area contributed by atoms with E-state index in [2.05, 4.69) is 57.4 Å². The van der Waals surface area contributed by atoms with E-state index in [9.17, 15) is 0 Å². The number of aromatic nitrogens is 3. The van der Waals surface area contributed by atoms with Crippen LogP contribution in [0.2, 0.25) is 5.28 Å². The second-order valence-corrected chi connectivity index (χ2v) is 7.37. The van der Waals surface area contributed by atoms with Crippen molar-refractivity contribution in [3.63, 3.8) is 0 Å². The summed E-state index contributed by atoms with van der Waals surface area (Å²) >= 11 is 9.49. The number of fused-ring (bicyclic) bond motifs is 1. The molecule has 0 radical (unpaired) electrons. The molecule has 1 aliphatic rings. The van der Waals surface area contributed by atoms with Crippen LogP contribution in [0.25, 0.3) is 11.0 Å². The highest BCUT2D eigenvalue weighted by Gasteiger charge is 2.22. The second kappa shape index (κ2) is 11.1. The molecule has 0 bridgehead atoms. The number of nitrogens with zero attached hydrogens (tertiary/aromatic N) is 3. The molecule has 1 fully saturated rings. The van der Waals surface area contributed by atoms with Crippen LogP contribution in [-0.4, -0.2) is 14.5 Å². The zero-order chi connectivity index (χ0) is 18.1. The molecule has 0 amide bonds. The van der Waals surface area contributed by atoms with Gasteiger partial charge < -0.3 is 4.57 Å². The van der Waals surface area contributed by atoms with Crippen LogP contribution in [0.1, 0.15) is 79.2 Å². The molecule has 0 unspecified atom stereocenters. The molecule has 1 aliphatic carbocycles. The third-order valence-corrected chi connectivity index (χ3v) is 5.19. The van der Waals surface area contributed by atoms with E-state index in [-0.39, 0.29) is 0 Å². The molecule has 24 heavy (non-hydrogen) atoms. The number of halogens is 2. The van der Waals surface area contributed by atoms with Crippen molar-refractivity contribution in [2.24, 2.45) is 5.92 Å². The van der Waals surface area contributed by atoms with Gasteiger partial charge in [-0.25, -0.2) is 4.98 Å². The Kier molecular flexibility index (Phi) is 9.91. The van der Waals surface area contributed by atoms with Crippen molar-refractivity contribution in [3.05, 3.63) is 22.1 Å². The Morgan fingerprint density at radius 1 is 1.17 bits per heavy atom. The third-order valence-electron chi connectivity index (χ3n) is 4.37. The van der Waals surface area contributed by atoms with Gasteiger partial charge in [-0.1, -0.05) is 47.5 Å². The van der Waals surface area contributed by atoms with E-state index in [1.807, 2.05) is 13.8 Å². The van der Waals surface area contributed by atoms with Gasteiger partial charge in [-0.2, -0.15) is 4.98 Å². The average Bonchev–Trinajstić information content (AvgIpc) is 2.93. The summed E-state index contributed by atoms with van der Waals surface area (Å²) in [6.45, 7) is 10.7. The maximum Gasteiger partial charge on any atom is 0.224 e. The highest BCUT2D eigenvalue weighted by atomic mass is 79.9. The highest BCUT2D eigenvalue weighted by molar-refractivity contribution is 9.10. The summed E-state index contributed by atoms with van der Waals surface area (Å²) in [7, 11) is 0. The lowest BCUT2D eigenvalue weighted by Crippen LogP contribution is -2.16. The molecule has 0 aromatic carbocycles. The van der Waals surface area contributed by atoms with Crippen molar-refractivity contribution in [2.75, 3.05) is 0 Å². The van der Waals surface area contributed by atoms with Gasteiger partial charge in [-0.05, 0) is 59.1 Å². The van der Waals surface area contributed by atoms with Gasteiger partial charge in [0, 0.05) is 22.9 Å². The predicted octanol–water partition coefficient (Wildman–Crippen LogP) is 7.43. The molecule has 0 N–H and O–H groups in total. The first kappa shape index (κ1) is 21.4. The van der Waals surface area contributed by atoms with Crippen LogP contribution < -0.4 is 0 Å². The van der Waals surface area contributed by atoms with Crippen molar-refractivity contribution < 1.29 is 0 Å². The third kappa shape index (κ3) is 5.73. The quantitative estimate of drug-likeness (QED) is 0.476. The summed E-state index contributed by atoms with van der Waals surface area (Å²) < 4.78 is 3.31. The Morgan fingerprint density at radius 2 is 1.75 bits per heavy atom. The Hall–Kier alpha value is -0.610. The fourth-order valence-electron chi connectivity index (χ4n) is 2.77. The Morgan fingerprint density at radius 3 is 2.29 bits per heavy atom. The van der Waals surface area contributed by atoms with Gasteiger partial charge in [0.1, 0.15) is 5.65 Å². The van der Waals surface area contributed by atoms with Gasteiger partial charge in [-0.15, -0.1) is 0 Å². The lowest BCUT2D eigenvalue weighted by atomic mass is 9.87. The average molecular weight is 417 g/mol. The van der Waals surface area contributed by atoms with Crippen molar-refractivity contribution >= 4 is 38.6 Å². The van der Waals surface area contributed by atoms with Gasteiger partial charge >= 0.3 is 0 Å². The maximum absolute atomic E-state index is 5.91. The van der Waals surface area contributed by atoms with Gasteiger partial charge in [0.2, 0.25) is 5.28 Å². The molecular weight excluding hydrogens is 386 g/mol. The topological polar surface area (TPSA) is 30.7 Å². The summed E-state index contributed by atoms with van der Waals surface area (Å²) in [5.41, 5.74) is 0.946. The van der Waals surface area contributed by atoms with E-state index in [4.69, 9.17) is 11.6 Å². The molecule has 5 heteroatoms. The minimum absolute atomic E-state index is 0.318. The molecule has 136 valence electrons. The van der Waals surface area contributed by atoms with Crippen LogP contribution in [0.3, 0.4) is 0 Å². The monoisotopic (exact) mass is 415 g/mol. The zero-order valence-electron chi connectivity index (χ0n) is 15.6. The maximum atomic E-state index is 5.91.